The van der Waals surface area contributed by atoms with Crippen molar-refractivity contribution in [1.29, 1.82) is 0 Å². The molecule has 0 spiro atoms. The number of nitrogens with two attached hydrogens (primary N) is 1. The maximum absolute atomic E-state index is 15.0. The zero-order chi connectivity index (χ0) is 22.6. The first-order chi connectivity index (χ1) is 14.5. The molecule has 2 atom stereocenters. The van der Waals surface area contributed by atoms with Crippen molar-refractivity contribution in [2.45, 2.75) is 42.7 Å². The van der Waals surface area contributed by atoms with Crippen molar-refractivity contribution < 1.29 is 13.4 Å². The number of amides is 1. The molecule has 4 N–H and O–H groups in total. The van der Waals surface area contributed by atoms with Crippen molar-refractivity contribution >= 4 is 39.1 Å². The molecule has 10 heteroatoms. The summed E-state index contributed by atoms with van der Waals surface area (Å²) >= 11 is 5.82. The summed E-state index contributed by atoms with van der Waals surface area (Å²) in [4.78, 5) is 21.2. The van der Waals surface area contributed by atoms with Crippen molar-refractivity contribution in [2.75, 3.05) is 11.9 Å². The lowest BCUT2D eigenvalue weighted by Gasteiger charge is -2.50. The number of hydrogen-bond acceptors (Lipinski definition) is 5. The number of thiol groups is 1. The van der Waals surface area contributed by atoms with E-state index >= 15 is 4.39 Å². The number of aromatic nitrogens is 1. The molecule has 1 aromatic carbocycles. The number of fused-ring (bicyclic) bond motifs is 1. The monoisotopic (exact) mass is 465 g/mol. The summed E-state index contributed by atoms with van der Waals surface area (Å²) in [7, 11) is -3.02. The van der Waals surface area contributed by atoms with Crippen LogP contribution in [0.3, 0.4) is 0 Å². The Kier molecular flexibility index (Phi) is 5.19. The van der Waals surface area contributed by atoms with Gasteiger partial charge in [-0.1, -0.05) is 11.6 Å². The van der Waals surface area contributed by atoms with Gasteiger partial charge in [-0.25, -0.2) is 9.37 Å². The van der Waals surface area contributed by atoms with Crippen molar-refractivity contribution in [3.63, 3.8) is 0 Å². The highest BCUT2D eigenvalue weighted by Crippen LogP contribution is 2.49. The molecule has 2 aliphatic heterocycles. The number of anilines is 1. The largest absolute Gasteiger partial charge is 0.386 e. The van der Waals surface area contributed by atoms with Gasteiger partial charge in [-0.05, 0) is 67.6 Å². The minimum Gasteiger partial charge on any atom is -0.386 e. The number of rotatable bonds is 3. The summed E-state index contributed by atoms with van der Waals surface area (Å²) in [5, 5.41) is 2.72. The zero-order valence-electron chi connectivity index (χ0n) is 17.4. The lowest BCUT2D eigenvalue weighted by atomic mass is 9.86. The van der Waals surface area contributed by atoms with Gasteiger partial charge < -0.3 is 11.1 Å². The smallest absolute Gasteiger partial charge is 0.274 e. The molecule has 0 radical (unpaired) electrons. The molecular formula is C21H25ClFN5O2S. The van der Waals surface area contributed by atoms with E-state index in [1.165, 1.54) is 30.5 Å². The summed E-state index contributed by atoms with van der Waals surface area (Å²) in [5.41, 5.74) is 5.90. The van der Waals surface area contributed by atoms with Crippen molar-refractivity contribution in [3.8, 4) is 0 Å². The summed E-state index contributed by atoms with van der Waals surface area (Å²) in [6.07, 6.45) is 1.96. The fraction of sp³-hybridized carbons (Fsp3) is 0.381. The highest BCUT2D eigenvalue weighted by atomic mass is 35.5. The summed E-state index contributed by atoms with van der Waals surface area (Å²) in [6.45, 7) is 5.92. The summed E-state index contributed by atoms with van der Waals surface area (Å²) in [6, 6.07) is 7.32. The van der Waals surface area contributed by atoms with Crippen LogP contribution in [0.2, 0.25) is 5.02 Å². The number of nitrogens with zero attached hydrogens (tertiary/aromatic N) is 2. The number of carbonyl (C=O) groups excluding carboxylic acids is 1. The Morgan fingerprint density at radius 1 is 1.32 bits per heavy atom. The van der Waals surface area contributed by atoms with Crippen LogP contribution in [0, 0.1) is 5.82 Å². The fourth-order valence-corrected chi connectivity index (χ4v) is 8.21. The van der Waals surface area contributed by atoms with Gasteiger partial charge in [0.1, 0.15) is 22.9 Å². The number of nitrogens with one attached hydrogen (secondary N) is 2. The van der Waals surface area contributed by atoms with Gasteiger partial charge in [0.15, 0.2) is 0 Å². The highest BCUT2D eigenvalue weighted by Gasteiger charge is 2.58. The van der Waals surface area contributed by atoms with Crippen LogP contribution in [0.15, 0.2) is 41.5 Å². The molecule has 1 amide bonds. The van der Waals surface area contributed by atoms with Gasteiger partial charge in [0, 0.05) is 24.0 Å². The first kappa shape index (κ1) is 21.9. The molecule has 7 nitrogen and oxygen atoms in total. The third kappa shape index (κ3) is 3.35. The lowest BCUT2D eigenvalue weighted by Crippen LogP contribution is -2.64. The van der Waals surface area contributed by atoms with Crippen LogP contribution in [0.25, 0.3) is 0 Å². The Morgan fingerprint density at radius 3 is 2.74 bits per heavy atom. The minimum absolute atomic E-state index is 0.174. The quantitative estimate of drug-likeness (QED) is 0.522. The van der Waals surface area contributed by atoms with Crippen LogP contribution in [0.4, 0.5) is 10.1 Å². The Balaban J connectivity index is 1.74. The van der Waals surface area contributed by atoms with Crippen LogP contribution in [-0.4, -0.2) is 37.5 Å². The van der Waals surface area contributed by atoms with Gasteiger partial charge in [-0.3, -0.25) is 18.7 Å². The standard InChI is InChI=1S/C21H25ClFN5O2S/c1-20(2)19(24)28-21(3,17-8-9-26-31(17,20)30)14-10-13(5-6-15(14)23)27-18(29)16-7-4-12(22)11-25-16/h4-7,10-11,17,31H,8-9H2,1-3H3,(H2,24,28)(H,26,30)(H,27,29)/t17-,21+/m0/s1. The maximum atomic E-state index is 15.0. The van der Waals surface area contributed by atoms with E-state index in [2.05, 4.69) is 20.0 Å². The Labute approximate surface area is 186 Å². The molecule has 31 heavy (non-hydrogen) atoms. The molecule has 1 saturated heterocycles. The zero-order valence-corrected chi connectivity index (χ0v) is 19.1. The van der Waals surface area contributed by atoms with E-state index < -0.39 is 37.4 Å². The van der Waals surface area contributed by atoms with Gasteiger partial charge in [-0.2, -0.15) is 0 Å². The number of aliphatic imine (C=N–C) groups is 1. The van der Waals surface area contributed by atoms with E-state index in [-0.39, 0.29) is 17.1 Å². The average Bonchev–Trinajstić information content (AvgIpc) is 3.13. The van der Waals surface area contributed by atoms with Crippen LogP contribution in [0.1, 0.15) is 43.2 Å². The summed E-state index contributed by atoms with van der Waals surface area (Å²) in [5.74, 6) is -0.733. The molecular weight excluding hydrogens is 441 g/mol. The van der Waals surface area contributed by atoms with Gasteiger partial charge in [0.05, 0.1) is 15.0 Å². The van der Waals surface area contributed by atoms with Crippen LogP contribution < -0.4 is 15.8 Å². The van der Waals surface area contributed by atoms with Crippen LogP contribution in [0.5, 0.6) is 0 Å². The molecule has 3 heterocycles. The first-order valence-corrected chi connectivity index (χ1v) is 12.1. The molecule has 0 aliphatic carbocycles. The van der Waals surface area contributed by atoms with E-state index in [4.69, 9.17) is 17.3 Å². The predicted octanol–water partition coefficient (Wildman–Crippen LogP) is 2.78. The molecule has 0 saturated carbocycles. The minimum atomic E-state index is -3.02. The van der Waals surface area contributed by atoms with E-state index in [0.717, 1.165) is 0 Å². The number of hydrogen-bond donors (Lipinski definition) is 4. The van der Waals surface area contributed by atoms with Gasteiger partial charge in [0.25, 0.3) is 5.91 Å². The van der Waals surface area contributed by atoms with E-state index in [1.807, 2.05) is 13.8 Å². The van der Waals surface area contributed by atoms with Crippen LogP contribution in [-0.2, 0) is 15.7 Å². The Bertz CT molecular complexity index is 1140. The molecule has 1 aromatic heterocycles. The number of halogens is 2. The van der Waals surface area contributed by atoms with Crippen LogP contribution >= 0.6 is 11.6 Å². The molecule has 166 valence electrons. The number of pyridine rings is 1. The highest BCUT2D eigenvalue weighted by molar-refractivity contribution is 8.04. The molecule has 0 unspecified atom stereocenters. The topological polar surface area (TPSA) is 109 Å². The Morgan fingerprint density at radius 2 is 2.06 bits per heavy atom. The van der Waals surface area contributed by atoms with Gasteiger partial charge >= 0.3 is 0 Å². The molecule has 2 aliphatic rings. The number of benzene rings is 1. The normalized spacial score (nSPS) is 27.1. The molecule has 1 fully saturated rings. The first-order valence-electron chi connectivity index (χ1n) is 9.93. The SMILES string of the molecule is CC1(C)C(N)=N[C@](C)(c2cc(NC(=O)c3ccc(Cl)cn3)ccc2F)[C@@H]2CCN[SH]21=O. The molecule has 0 bridgehead atoms. The second-order valence-corrected chi connectivity index (χ2v) is 12.4. The average molecular weight is 466 g/mol. The maximum Gasteiger partial charge on any atom is 0.274 e. The van der Waals surface area contributed by atoms with E-state index in [1.54, 1.807) is 13.0 Å². The lowest BCUT2D eigenvalue weighted by molar-refractivity contribution is 0.102. The van der Waals surface area contributed by atoms with E-state index in [0.29, 0.717) is 23.7 Å². The number of carbonyl (C=O) groups is 1. The van der Waals surface area contributed by atoms with Crippen molar-refractivity contribution in [3.05, 3.63) is 58.6 Å². The fourth-order valence-electron chi connectivity index (χ4n) is 4.45. The summed E-state index contributed by atoms with van der Waals surface area (Å²) < 4.78 is 31.3. The number of amidine groups is 1. The third-order valence-electron chi connectivity index (χ3n) is 6.39. The second kappa shape index (κ2) is 7.36. The predicted molar refractivity (Wildman–Crippen MR) is 123 cm³/mol. The third-order valence-corrected chi connectivity index (χ3v) is 10.8. The van der Waals surface area contributed by atoms with Crippen molar-refractivity contribution in [1.82, 2.24) is 9.71 Å². The van der Waals surface area contributed by atoms with Gasteiger partial charge in [0.2, 0.25) is 0 Å². The second-order valence-electron chi connectivity index (χ2n) is 8.58. The van der Waals surface area contributed by atoms with Crippen molar-refractivity contribution in [2.24, 2.45) is 10.7 Å². The van der Waals surface area contributed by atoms with Gasteiger partial charge in [-0.15, -0.1) is 0 Å². The molecule has 4 rings (SSSR count). The molecule has 2 aromatic rings. The Hall–Kier alpha value is -2.36. The van der Waals surface area contributed by atoms with E-state index in [9.17, 15) is 9.00 Å².